The molecular weight excluding hydrogens is 122 g/mol. The van der Waals surface area contributed by atoms with Crippen molar-refractivity contribution >= 4 is 5.97 Å². The highest BCUT2D eigenvalue weighted by Crippen LogP contribution is 1.73. The maximum Gasteiger partial charge on any atom is 0.332 e. The predicted octanol–water partition coefficient (Wildman–Crippen LogP) is -0.176. The van der Waals surface area contributed by atoms with Gasteiger partial charge >= 0.3 is 5.97 Å². The average molecular weight is 131 g/mol. The molecule has 0 bridgehead atoms. The van der Waals surface area contributed by atoms with Gasteiger partial charge in [0, 0.05) is 12.3 Å². The summed E-state index contributed by atoms with van der Waals surface area (Å²) in [5.74, 6) is -0.417. The fraction of sp³-hybridized carbons (Fsp3) is 0.400. The number of hydroxylamine groups is 1. The summed E-state index contributed by atoms with van der Waals surface area (Å²) in [6.07, 6.45) is 2.55. The summed E-state index contributed by atoms with van der Waals surface area (Å²) in [5.41, 5.74) is 2.33. The molecule has 52 valence electrons. The predicted molar refractivity (Wildman–Crippen MR) is 31.3 cm³/mol. The lowest BCUT2D eigenvalue weighted by atomic mass is 10.6. The second-order valence-electron chi connectivity index (χ2n) is 1.18. The number of hydrogen-bond donors (Lipinski definition) is 1. The van der Waals surface area contributed by atoms with Gasteiger partial charge < -0.3 is 4.74 Å². The molecule has 0 aliphatic rings. The molecule has 0 aliphatic carbocycles. The van der Waals surface area contributed by atoms with Gasteiger partial charge in [-0.3, -0.25) is 10.3 Å². The van der Waals surface area contributed by atoms with E-state index in [1.807, 2.05) is 0 Å². The van der Waals surface area contributed by atoms with Crippen LogP contribution < -0.4 is 5.48 Å². The van der Waals surface area contributed by atoms with E-state index in [0.29, 0.717) is 0 Å². The Morgan fingerprint density at radius 1 is 1.56 bits per heavy atom. The molecule has 0 saturated carbocycles. The number of nitrogens with one attached hydrogen (secondary N) is 1. The summed E-state index contributed by atoms with van der Waals surface area (Å²) in [6.45, 7) is 0. The third-order valence-corrected chi connectivity index (χ3v) is 0.606. The van der Waals surface area contributed by atoms with Gasteiger partial charge in [-0.25, -0.2) is 4.79 Å². The number of rotatable bonds is 3. The highest BCUT2D eigenvalue weighted by atomic mass is 16.6. The minimum atomic E-state index is -0.417. The lowest BCUT2D eigenvalue weighted by Gasteiger charge is -1.91. The molecule has 0 atom stereocenters. The van der Waals surface area contributed by atoms with Gasteiger partial charge in [0.1, 0.15) is 0 Å². The second kappa shape index (κ2) is 5.11. The zero-order valence-corrected chi connectivity index (χ0v) is 5.38. The van der Waals surface area contributed by atoms with Gasteiger partial charge in [0.2, 0.25) is 0 Å². The van der Waals surface area contributed by atoms with Crippen molar-refractivity contribution in [2.45, 2.75) is 0 Å². The third-order valence-electron chi connectivity index (χ3n) is 0.606. The summed E-state index contributed by atoms with van der Waals surface area (Å²) < 4.78 is 4.28. The average Bonchev–Trinajstić information content (AvgIpc) is 1.89. The smallest absolute Gasteiger partial charge is 0.332 e. The van der Waals surface area contributed by atoms with Crippen LogP contribution in [0.3, 0.4) is 0 Å². The van der Waals surface area contributed by atoms with Gasteiger partial charge in [-0.1, -0.05) is 0 Å². The molecule has 0 heterocycles. The van der Waals surface area contributed by atoms with Crippen molar-refractivity contribution in [3.63, 3.8) is 0 Å². The molecule has 4 nitrogen and oxygen atoms in total. The van der Waals surface area contributed by atoms with Gasteiger partial charge in [-0.2, -0.15) is 0 Å². The van der Waals surface area contributed by atoms with Crippen LogP contribution >= 0.6 is 0 Å². The molecule has 0 rings (SSSR count). The molecule has 0 radical (unpaired) electrons. The second-order valence-corrected chi connectivity index (χ2v) is 1.18. The Hall–Kier alpha value is -1.03. The molecule has 4 heteroatoms. The summed E-state index contributed by atoms with van der Waals surface area (Å²) >= 11 is 0. The number of esters is 1. The quantitative estimate of drug-likeness (QED) is 0.328. The SMILES string of the molecule is CON/C=C/C(=O)OC. The van der Waals surface area contributed by atoms with E-state index in [2.05, 4.69) is 15.1 Å². The van der Waals surface area contributed by atoms with Crippen molar-refractivity contribution < 1.29 is 14.4 Å². The minimum absolute atomic E-state index is 0.417. The summed E-state index contributed by atoms with van der Waals surface area (Å²) in [5, 5.41) is 0. The van der Waals surface area contributed by atoms with Crippen molar-refractivity contribution in [3.05, 3.63) is 12.3 Å². The molecule has 9 heavy (non-hydrogen) atoms. The summed E-state index contributed by atoms with van der Waals surface area (Å²) in [4.78, 5) is 14.7. The van der Waals surface area contributed by atoms with E-state index in [0.717, 1.165) is 0 Å². The number of carbonyl (C=O) groups is 1. The number of hydrogen-bond acceptors (Lipinski definition) is 4. The maximum absolute atomic E-state index is 10.3. The van der Waals surface area contributed by atoms with Crippen LogP contribution in [0.15, 0.2) is 12.3 Å². The largest absolute Gasteiger partial charge is 0.466 e. The molecule has 0 aromatic rings. The van der Waals surface area contributed by atoms with Crippen LogP contribution in [0.4, 0.5) is 0 Å². The van der Waals surface area contributed by atoms with Gasteiger partial charge in [-0.05, 0) is 0 Å². The highest BCUT2D eigenvalue weighted by molar-refractivity contribution is 5.81. The van der Waals surface area contributed by atoms with Gasteiger partial charge in [-0.15, -0.1) is 0 Å². The van der Waals surface area contributed by atoms with Crippen LogP contribution in [-0.4, -0.2) is 20.2 Å². The lowest BCUT2D eigenvalue weighted by molar-refractivity contribution is -0.134. The van der Waals surface area contributed by atoms with Gasteiger partial charge in [0.15, 0.2) is 0 Å². The summed E-state index contributed by atoms with van der Waals surface area (Å²) in [6, 6.07) is 0. The van der Waals surface area contributed by atoms with Crippen LogP contribution in [0.25, 0.3) is 0 Å². The van der Waals surface area contributed by atoms with Crippen molar-refractivity contribution in [1.29, 1.82) is 0 Å². The van der Waals surface area contributed by atoms with Crippen molar-refractivity contribution in [1.82, 2.24) is 5.48 Å². The third kappa shape index (κ3) is 4.83. The molecular formula is C5H9NO3. The first-order chi connectivity index (χ1) is 4.31. The Labute approximate surface area is 53.4 Å². The topological polar surface area (TPSA) is 47.6 Å². The van der Waals surface area contributed by atoms with E-state index in [1.54, 1.807) is 0 Å². The first-order valence-corrected chi connectivity index (χ1v) is 2.34. The van der Waals surface area contributed by atoms with Crippen molar-refractivity contribution in [2.24, 2.45) is 0 Å². The minimum Gasteiger partial charge on any atom is -0.466 e. The first kappa shape index (κ1) is 7.97. The molecule has 1 N–H and O–H groups in total. The first-order valence-electron chi connectivity index (χ1n) is 2.34. The molecule has 0 fully saturated rings. The zero-order chi connectivity index (χ0) is 7.11. The van der Waals surface area contributed by atoms with Crippen LogP contribution in [0.2, 0.25) is 0 Å². The Kier molecular flexibility index (Phi) is 4.53. The van der Waals surface area contributed by atoms with Crippen LogP contribution in [-0.2, 0) is 14.4 Å². The van der Waals surface area contributed by atoms with E-state index in [1.165, 1.54) is 26.5 Å². The van der Waals surface area contributed by atoms with E-state index in [9.17, 15) is 4.79 Å². The fourth-order valence-corrected chi connectivity index (χ4v) is 0.238. The van der Waals surface area contributed by atoms with Crippen molar-refractivity contribution in [3.8, 4) is 0 Å². The standard InChI is InChI=1S/C5H9NO3/c1-8-5(7)3-4-6-9-2/h3-4,6H,1-2H3/b4-3+. The molecule has 0 spiro atoms. The maximum atomic E-state index is 10.3. The molecule has 0 aromatic heterocycles. The Bertz CT molecular complexity index is 111. The Morgan fingerprint density at radius 2 is 2.22 bits per heavy atom. The molecule has 0 aromatic carbocycles. The van der Waals surface area contributed by atoms with E-state index in [-0.39, 0.29) is 0 Å². The lowest BCUT2D eigenvalue weighted by Crippen LogP contribution is -2.03. The van der Waals surface area contributed by atoms with Crippen molar-refractivity contribution in [2.75, 3.05) is 14.2 Å². The van der Waals surface area contributed by atoms with E-state index < -0.39 is 5.97 Å². The molecule has 0 aliphatic heterocycles. The normalized spacial score (nSPS) is 9.56. The van der Waals surface area contributed by atoms with Crippen LogP contribution in [0.5, 0.6) is 0 Å². The number of carbonyl (C=O) groups excluding carboxylic acids is 1. The molecule has 0 unspecified atom stereocenters. The van der Waals surface area contributed by atoms with E-state index in [4.69, 9.17) is 0 Å². The highest BCUT2D eigenvalue weighted by Gasteiger charge is 1.86. The fourth-order valence-electron chi connectivity index (χ4n) is 0.238. The monoisotopic (exact) mass is 131 g/mol. The van der Waals surface area contributed by atoms with Gasteiger partial charge in [0.05, 0.1) is 14.2 Å². The number of ether oxygens (including phenoxy) is 1. The molecule has 0 amide bonds. The number of methoxy groups -OCH3 is 1. The van der Waals surface area contributed by atoms with Crippen LogP contribution in [0, 0.1) is 0 Å². The zero-order valence-electron chi connectivity index (χ0n) is 5.38. The van der Waals surface area contributed by atoms with Gasteiger partial charge in [0.25, 0.3) is 0 Å². The molecule has 0 saturated heterocycles. The van der Waals surface area contributed by atoms with Crippen LogP contribution in [0.1, 0.15) is 0 Å². The Balaban J connectivity index is 3.32. The Morgan fingerprint density at radius 3 is 2.67 bits per heavy atom. The summed E-state index contributed by atoms with van der Waals surface area (Å²) in [7, 11) is 2.75. The van der Waals surface area contributed by atoms with E-state index >= 15 is 0 Å².